The monoisotopic (exact) mass is 283 g/mol. The Labute approximate surface area is 117 Å². The van der Waals surface area contributed by atoms with Gasteiger partial charge in [-0.05, 0) is 32.0 Å². The van der Waals surface area contributed by atoms with Crippen LogP contribution >= 0.6 is 11.6 Å². The maximum atomic E-state index is 11.1. The molecule has 19 heavy (non-hydrogen) atoms. The number of carboxylic acid groups (broad SMARTS) is 1. The zero-order valence-electron chi connectivity index (χ0n) is 11.1. The number of hydrogen-bond donors (Lipinski definition) is 1. The fourth-order valence-electron chi connectivity index (χ4n) is 2.64. The van der Waals surface area contributed by atoms with Crippen molar-refractivity contribution in [2.24, 2.45) is 5.92 Å². The van der Waals surface area contributed by atoms with Crippen molar-refractivity contribution in [1.29, 1.82) is 0 Å². The topological polar surface area (TPSA) is 49.8 Å². The van der Waals surface area contributed by atoms with Crippen molar-refractivity contribution in [2.75, 3.05) is 13.7 Å². The Morgan fingerprint density at radius 3 is 2.89 bits per heavy atom. The van der Waals surface area contributed by atoms with Crippen LogP contribution in [0.25, 0.3) is 0 Å². The molecule has 1 aromatic carbocycles. The van der Waals surface area contributed by atoms with E-state index in [9.17, 15) is 4.79 Å². The summed E-state index contributed by atoms with van der Waals surface area (Å²) in [7, 11) is 1.61. The molecule has 2 rings (SSSR count). The molecule has 2 unspecified atom stereocenters. The van der Waals surface area contributed by atoms with E-state index in [2.05, 4.69) is 4.90 Å². The molecule has 1 heterocycles. The summed E-state index contributed by atoms with van der Waals surface area (Å²) in [5.74, 6) is -0.270. The number of benzene rings is 1. The Hall–Kier alpha value is -1.26. The third-order valence-corrected chi connectivity index (χ3v) is 4.21. The summed E-state index contributed by atoms with van der Waals surface area (Å²) in [5.41, 5.74) is 0.921. The molecular weight excluding hydrogens is 266 g/mol. The van der Waals surface area contributed by atoms with Crippen LogP contribution in [0.1, 0.15) is 18.9 Å². The number of halogens is 1. The first kappa shape index (κ1) is 14.2. The summed E-state index contributed by atoms with van der Waals surface area (Å²) in [4.78, 5) is 13.3. The first-order chi connectivity index (χ1) is 9.04. The summed E-state index contributed by atoms with van der Waals surface area (Å²) < 4.78 is 5.32. The highest BCUT2D eigenvalue weighted by Crippen LogP contribution is 2.32. The number of aliphatic carboxylic acids is 1. The van der Waals surface area contributed by atoms with Gasteiger partial charge in [-0.1, -0.05) is 17.7 Å². The van der Waals surface area contributed by atoms with E-state index >= 15 is 0 Å². The second kappa shape index (κ2) is 5.80. The molecular formula is C14H18ClNO3. The van der Waals surface area contributed by atoms with E-state index in [0.29, 0.717) is 18.0 Å². The molecule has 5 heteroatoms. The predicted octanol–water partition coefficient (Wildman–Crippen LogP) is 2.64. The van der Waals surface area contributed by atoms with E-state index < -0.39 is 5.97 Å². The van der Waals surface area contributed by atoms with Crippen LogP contribution < -0.4 is 4.74 Å². The minimum absolute atomic E-state index is 0.0125. The lowest BCUT2D eigenvalue weighted by atomic mass is 10.0. The minimum Gasteiger partial charge on any atom is -0.496 e. The van der Waals surface area contributed by atoms with Gasteiger partial charge in [-0.2, -0.15) is 0 Å². The van der Waals surface area contributed by atoms with Gasteiger partial charge >= 0.3 is 5.97 Å². The van der Waals surface area contributed by atoms with Gasteiger partial charge in [-0.15, -0.1) is 0 Å². The van der Waals surface area contributed by atoms with Crippen LogP contribution in [-0.2, 0) is 11.3 Å². The van der Waals surface area contributed by atoms with Crippen LogP contribution in [0, 0.1) is 5.92 Å². The third-order valence-electron chi connectivity index (χ3n) is 3.86. The fourth-order valence-corrected chi connectivity index (χ4v) is 2.87. The average molecular weight is 284 g/mol. The van der Waals surface area contributed by atoms with Crippen molar-refractivity contribution in [2.45, 2.75) is 25.9 Å². The first-order valence-electron chi connectivity index (χ1n) is 6.32. The summed E-state index contributed by atoms with van der Waals surface area (Å²) in [5, 5.41) is 9.80. The Bertz CT molecular complexity index is 478. The SMILES string of the molecule is COc1cccc(Cl)c1CN1CCC(C(=O)O)C1C. The number of likely N-dealkylation sites (tertiary alicyclic amines) is 1. The summed E-state index contributed by atoms with van der Waals surface area (Å²) in [6.07, 6.45) is 0.684. The van der Waals surface area contributed by atoms with Gasteiger partial charge in [0, 0.05) is 23.2 Å². The van der Waals surface area contributed by atoms with Crippen molar-refractivity contribution in [1.82, 2.24) is 4.90 Å². The van der Waals surface area contributed by atoms with Crippen molar-refractivity contribution in [3.63, 3.8) is 0 Å². The Balaban J connectivity index is 2.17. The molecule has 104 valence electrons. The van der Waals surface area contributed by atoms with Gasteiger partial charge in [-0.3, -0.25) is 9.69 Å². The van der Waals surface area contributed by atoms with Crippen LogP contribution in [0.15, 0.2) is 18.2 Å². The molecule has 4 nitrogen and oxygen atoms in total. The Kier molecular flexibility index (Phi) is 4.32. The number of ether oxygens (including phenoxy) is 1. The van der Waals surface area contributed by atoms with E-state index in [1.165, 1.54) is 0 Å². The summed E-state index contributed by atoms with van der Waals surface area (Å²) >= 11 is 6.21. The number of rotatable bonds is 4. The maximum absolute atomic E-state index is 11.1. The van der Waals surface area contributed by atoms with Gasteiger partial charge < -0.3 is 9.84 Å². The minimum atomic E-state index is -0.721. The van der Waals surface area contributed by atoms with Crippen LogP contribution in [0.4, 0.5) is 0 Å². The van der Waals surface area contributed by atoms with Crippen molar-refractivity contribution in [3.8, 4) is 5.75 Å². The van der Waals surface area contributed by atoms with E-state index in [1.54, 1.807) is 7.11 Å². The molecule has 1 N–H and O–H groups in total. The Morgan fingerprint density at radius 1 is 1.58 bits per heavy atom. The average Bonchev–Trinajstić information content (AvgIpc) is 2.73. The molecule has 1 fully saturated rings. The standard InChI is InChI=1S/C14H18ClNO3/c1-9-10(14(17)18)6-7-16(9)8-11-12(15)4-3-5-13(11)19-2/h3-5,9-10H,6-8H2,1-2H3,(H,17,18). The van der Waals surface area contributed by atoms with Gasteiger partial charge in [0.05, 0.1) is 13.0 Å². The molecule has 1 saturated heterocycles. The van der Waals surface area contributed by atoms with Crippen molar-refractivity contribution in [3.05, 3.63) is 28.8 Å². The lowest BCUT2D eigenvalue weighted by Gasteiger charge is -2.24. The molecule has 1 aromatic rings. The van der Waals surface area contributed by atoms with Gasteiger partial charge in [-0.25, -0.2) is 0 Å². The van der Waals surface area contributed by atoms with Crippen LogP contribution in [-0.4, -0.2) is 35.7 Å². The largest absolute Gasteiger partial charge is 0.496 e. The number of nitrogens with zero attached hydrogens (tertiary/aromatic N) is 1. The van der Waals surface area contributed by atoms with Crippen molar-refractivity contribution < 1.29 is 14.6 Å². The Morgan fingerprint density at radius 2 is 2.32 bits per heavy atom. The molecule has 0 aromatic heterocycles. The first-order valence-corrected chi connectivity index (χ1v) is 6.70. The lowest BCUT2D eigenvalue weighted by Crippen LogP contribution is -2.32. The van der Waals surface area contributed by atoms with E-state index in [1.807, 2.05) is 25.1 Å². The third kappa shape index (κ3) is 2.85. The van der Waals surface area contributed by atoms with E-state index in [4.69, 9.17) is 21.4 Å². The predicted molar refractivity (Wildman–Crippen MR) is 73.6 cm³/mol. The van der Waals surface area contributed by atoms with Gasteiger partial charge in [0.15, 0.2) is 0 Å². The fraction of sp³-hybridized carbons (Fsp3) is 0.500. The number of hydrogen-bond acceptors (Lipinski definition) is 3. The maximum Gasteiger partial charge on any atom is 0.308 e. The molecule has 0 amide bonds. The van der Waals surface area contributed by atoms with Gasteiger partial charge in [0.1, 0.15) is 5.75 Å². The number of carbonyl (C=O) groups is 1. The van der Waals surface area contributed by atoms with Gasteiger partial charge in [0.2, 0.25) is 0 Å². The number of methoxy groups -OCH3 is 1. The molecule has 0 saturated carbocycles. The molecule has 1 aliphatic rings. The molecule has 1 aliphatic heterocycles. The van der Waals surface area contributed by atoms with Gasteiger partial charge in [0.25, 0.3) is 0 Å². The van der Waals surface area contributed by atoms with Crippen LogP contribution in [0.2, 0.25) is 5.02 Å². The van der Waals surface area contributed by atoms with Crippen LogP contribution in [0.3, 0.4) is 0 Å². The molecule has 0 spiro atoms. The van der Waals surface area contributed by atoms with Crippen molar-refractivity contribution >= 4 is 17.6 Å². The second-order valence-electron chi connectivity index (χ2n) is 4.87. The van der Waals surface area contributed by atoms with E-state index in [-0.39, 0.29) is 12.0 Å². The normalized spacial score (nSPS) is 23.5. The molecule has 0 bridgehead atoms. The molecule has 0 radical (unpaired) electrons. The quantitative estimate of drug-likeness (QED) is 0.923. The lowest BCUT2D eigenvalue weighted by molar-refractivity contribution is -0.142. The molecule has 0 aliphatic carbocycles. The second-order valence-corrected chi connectivity index (χ2v) is 5.27. The van der Waals surface area contributed by atoms with Crippen LogP contribution in [0.5, 0.6) is 5.75 Å². The zero-order chi connectivity index (χ0) is 14.0. The highest BCUT2D eigenvalue weighted by atomic mass is 35.5. The summed E-state index contributed by atoms with van der Waals surface area (Å²) in [6, 6.07) is 5.56. The highest BCUT2D eigenvalue weighted by Gasteiger charge is 2.35. The van der Waals surface area contributed by atoms with E-state index in [0.717, 1.165) is 17.9 Å². The zero-order valence-corrected chi connectivity index (χ0v) is 11.9. The number of carboxylic acids is 1. The molecule has 2 atom stereocenters. The summed E-state index contributed by atoms with van der Waals surface area (Å²) in [6.45, 7) is 3.34. The smallest absolute Gasteiger partial charge is 0.308 e. The highest BCUT2D eigenvalue weighted by molar-refractivity contribution is 6.31.